The molecule has 0 saturated carbocycles. The topological polar surface area (TPSA) is 90.7 Å². The van der Waals surface area contributed by atoms with Crippen LogP contribution in [-0.4, -0.2) is 39.3 Å². The summed E-state index contributed by atoms with van der Waals surface area (Å²) < 4.78 is 12.5. The minimum absolute atomic E-state index is 0.00700. The predicted molar refractivity (Wildman–Crippen MR) is 139 cm³/mol. The van der Waals surface area contributed by atoms with Gasteiger partial charge in [0.05, 0.1) is 11.6 Å². The van der Waals surface area contributed by atoms with Crippen LogP contribution in [0.25, 0.3) is 10.9 Å². The van der Waals surface area contributed by atoms with Crippen molar-refractivity contribution in [2.45, 2.75) is 12.6 Å². The minimum atomic E-state index is -2.49. The Morgan fingerprint density at radius 2 is 1.66 bits per heavy atom. The molecule has 2 N–H and O–H groups in total. The van der Waals surface area contributed by atoms with Crippen LogP contribution >= 0.6 is 30.3 Å². The van der Waals surface area contributed by atoms with Crippen molar-refractivity contribution >= 4 is 52.5 Å². The maximum Gasteiger partial charge on any atom is 0.259 e. The predicted octanol–water partition coefficient (Wildman–Crippen LogP) is 5.95. The van der Waals surface area contributed by atoms with Crippen LogP contribution in [0.15, 0.2) is 60.8 Å². The van der Waals surface area contributed by atoms with Crippen molar-refractivity contribution in [3.05, 3.63) is 93.1 Å². The average Bonchev–Trinajstić information content (AvgIpc) is 3.09. The molecule has 2 heterocycles. The highest BCUT2D eigenvalue weighted by atomic mass is 35.5. The highest BCUT2D eigenvalue weighted by molar-refractivity contribution is 7.70. The summed E-state index contributed by atoms with van der Waals surface area (Å²) in [6.07, 6.45) is 1.49. The average molecular weight is 527 g/mol. The van der Waals surface area contributed by atoms with E-state index in [9.17, 15) is 19.6 Å². The monoisotopic (exact) mass is 526 g/mol. The van der Waals surface area contributed by atoms with E-state index in [0.29, 0.717) is 37.4 Å². The number of nitrogens with zero attached hydrogens (tertiary/aromatic N) is 2. The summed E-state index contributed by atoms with van der Waals surface area (Å²) in [5.41, 5.74) is 1.84. The Morgan fingerprint density at radius 1 is 1.00 bits per heavy atom. The molecule has 0 bridgehead atoms. The summed E-state index contributed by atoms with van der Waals surface area (Å²) in [5, 5.41) is 24.2. The zero-order valence-electron chi connectivity index (χ0n) is 18.9. The van der Waals surface area contributed by atoms with Crippen LogP contribution in [-0.2, 0) is 11.1 Å². The zero-order chi connectivity index (χ0) is 25.1. The second-order valence-corrected chi connectivity index (χ2v) is 13.0. The lowest BCUT2D eigenvalue weighted by molar-refractivity contribution is 0.0733. The number of hydrogen-bond acceptors (Lipinski definition) is 5. The van der Waals surface area contributed by atoms with Gasteiger partial charge >= 0.3 is 0 Å². The summed E-state index contributed by atoms with van der Waals surface area (Å²) in [6.45, 7) is 3.51. The van der Waals surface area contributed by atoms with Crippen molar-refractivity contribution in [2.24, 2.45) is 0 Å². The molecule has 1 unspecified atom stereocenters. The molecule has 0 saturated heterocycles. The number of halogens is 2. The lowest BCUT2D eigenvalue weighted by Crippen LogP contribution is -2.28. The highest BCUT2D eigenvalue weighted by Crippen LogP contribution is 2.51. The third-order valence-corrected chi connectivity index (χ3v) is 8.19. The Labute approximate surface area is 212 Å². The number of carbonyl (C=O) groups is 1. The van der Waals surface area contributed by atoms with Gasteiger partial charge in [-0.15, -0.1) is 0 Å². The maximum absolute atomic E-state index is 13.7. The Morgan fingerprint density at radius 3 is 2.29 bits per heavy atom. The van der Waals surface area contributed by atoms with Crippen LogP contribution in [0.4, 0.5) is 0 Å². The summed E-state index contributed by atoms with van der Waals surface area (Å²) in [6, 6.07) is 14.7. The number of amides is 1. The van der Waals surface area contributed by atoms with Crippen LogP contribution < -0.4 is 5.30 Å². The number of rotatable bonds is 4. The molecule has 0 spiro atoms. The number of aromatic hydroxyl groups is 2. The molecule has 6 nitrogen and oxygen atoms in total. The van der Waals surface area contributed by atoms with Crippen LogP contribution in [0, 0.1) is 0 Å². The van der Waals surface area contributed by atoms with E-state index in [2.05, 4.69) is 4.98 Å². The summed E-state index contributed by atoms with van der Waals surface area (Å²) in [7, 11) is -2.49. The smallest absolute Gasteiger partial charge is 0.259 e. The van der Waals surface area contributed by atoms with E-state index >= 15 is 0 Å². The van der Waals surface area contributed by atoms with Crippen molar-refractivity contribution in [1.82, 2.24) is 9.88 Å². The molecule has 1 aliphatic heterocycles. The molecule has 3 aromatic carbocycles. The van der Waals surface area contributed by atoms with Crippen LogP contribution in [0.1, 0.15) is 33.1 Å². The lowest BCUT2D eigenvalue weighted by Gasteiger charge is -2.27. The van der Waals surface area contributed by atoms with Gasteiger partial charge in [0, 0.05) is 39.0 Å². The first-order chi connectivity index (χ1) is 16.6. The number of carbonyl (C=O) groups excluding carboxylic acids is 1. The summed E-state index contributed by atoms with van der Waals surface area (Å²) in [4.78, 5) is 19.4. The number of pyridine rings is 1. The van der Waals surface area contributed by atoms with Gasteiger partial charge in [-0.05, 0) is 54.8 Å². The van der Waals surface area contributed by atoms with E-state index in [1.54, 1.807) is 72.8 Å². The van der Waals surface area contributed by atoms with Gasteiger partial charge in [0.2, 0.25) is 0 Å². The lowest BCUT2D eigenvalue weighted by atomic mass is 9.94. The molecule has 5 rings (SSSR count). The quantitative estimate of drug-likeness (QED) is 0.253. The second-order valence-electron chi connectivity index (χ2n) is 8.94. The Bertz CT molecular complexity index is 1530. The first kappa shape index (κ1) is 23.7. The molecule has 1 aliphatic rings. The van der Waals surface area contributed by atoms with Gasteiger partial charge in [-0.1, -0.05) is 47.5 Å². The van der Waals surface area contributed by atoms with E-state index in [-0.39, 0.29) is 29.1 Å². The fourth-order valence-electron chi connectivity index (χ4n) is 4.62. The van der Waals surface area contributed by atoms with Gasteiger partial charge in [-0.2, -0.15) is 0 Å². The van der Waals surface area contributed by atoms with E-state index in [1.165, 1.54) is 6.20 Å². The van der Waals surface area contributed by atoms with Gasteiger partial charge < -0.3 is 19.7 Å². The number of hydrogen-bond donors (Lipinski definition) is 2. The molecule has 35 heavy (non-hydrogen) atoms. The molecule has 0 radical (unpaired) electrons. The molecule has 1 aromatic heterocycles. The Balaban J connectivity index is 1.73. The van der Waals surface area contributed by atoms with Crippen LogP contribution in [0.5, 0.6) is 11.5 Å². The normalized spacial score (nSPS) is 15.6. The van der Waals surface area contributed by atoms with Crippen molar-refractivity contribution in [3.63, 3.8) is 0 Å². The van der Waals surface area contributed by atoms with E-state index in [0.717, 1.165) is 0 Å². The third kappa shape index (κ3) is 4.06. The van der Waals surface area contributed by atoms with Gasteiger partial charge in [0.25, 0.3) is 5.91 Å². The summed E-state index contributed by atoms with van der Waals surface area (Å²) in [5.74, 6) is -0.855. The third-order valence-electron chi connectivity index (χ3n) is 6.21. The number of fused-ring (bicyclic) bond motifs is 2. The number of benzene rings is 3. The van der Waals surface area contributed by atoms with Crippen molar-refractivity contribution < 1.29 is 19.6 Å². The molecule has 0 fully saturated rings. The molecule has 0 aliphatic carbocycles. The van der Waals surface area contributed by atoms with Crippen molar-refractivity contribution in [2.75, 3.05) is 13.3 Å². The molecule has 9 heteroatoms. The van der Waals surface area contributed by atoms with Crippen LogP contribution in [0.2, 0.25) is 10.0 Å². The second kappa shape index (κ2) is 8.56. The fourth-order valence-corrected chi connectivity index (χ4v) is 6.06. The molecule has 1 amide bonds. The maximum atomic E-state index is 13.7. The van der Waals surface area contributed by atoms with Gasteiger partial charge in [-0.25, -0.2) is 0 Å². The number of phenols is 2. The minimum Gasteiger partial charge on any atom is -0.507 e. The van der Waals surface area contributed by atoms with E-state index in [1.807, 2.05) is 0 Å². The number of aromatic nitrogens is 1. The van der Waals surface area contributed by atoms with E-state index in [4.69, 9.17) is 23.2 Å². The van der Waals surface area contributed by atoms with Gasteiger partial charge in [0.15, 0.2) is 5.75 Å². The molecular weight excluding hydrogens is 506 g/mol. The van der Waals surface area contributed by atoms with Gasteiger partial charge in [-0.3, -0.25) is 9.78 Å². The Kier molecular flexibility index (Phi) is 5.79. The van der Waals surface area contributed by atoms with Crippen molar-refractivity contribution in [1.29, 1.82) is 0 Å². The van der Waals surface area contributed by atoms with Crippen LogP contribution in [0.3, 0.4) is 0 Å². The largest absolute Gasteiger partial charge is 0.507 e. The van der Waals surface area contributed by atoms with Crippen molar-refractivity contribution in [3.8, 4) is 11.5 Å². The molecule has 4 aromatic rings. The SMILES string of the molecule is CP(C)(=O)c1ccc(C2c3c(c(O)c4ncccc4c3O)C(=O)N2Cc2cc(Cl)cc(Cl)c2)cc1. The zero-order valence-corrected chi connectivity index (χ0v) is 21.3. The Hall–Kier alpha value is -3.05. The number of phenolic OH excluding ortho intramolecular Hbond substituents is 2. The molecular formula is C26H21Cl2N2O4P. The fraction of sp³-hybridized carbons (Fsp3) is 0.154. The first-order valence-corrected chi connectivity index (χ1v) is 14.2. The molecule has 1 atom stereocenters. The first-order valence-electron chi connectivity index (χ1n) is 10.8. The van der Waals surface area contributed by atoms with E-state index < -0.39 is 19.1 Å². The molecule has 178 valence electrons. The highest BCUT2D eigenvalue weighted by Gasteiger charge is 2.43. The van der Waals surface area contributed by atoms with Gasteiger partial charge in [0.1, 0.15) is 18.4 Å². The standard InChI is InChI=1S/C26H21Cl2N2O4P/c1-35(2,34)18-7-5-15(6-8-18)23-20-21(25(32)22-19(24(20)31)4-3-9-29-22)26(33)30(23)13-14-10-16(27)12-17(28)11-14/h3-12,23,31-32H,13H2,1-2H3. The summed E-state index contributed by atoms with van der Waals surface area (Å²) >= 11 is 12.4.